The van der Waals surface area contributed by atoms with Crippen LogP contribution in [0.25, 0.3) is 17.2 Å². The predicted octanol–water partition coefficient (Wildman–Crippen LogP) is 1.99. The van der Waals surface area contributed by atoms with Crippen molar-refractivity contribution in [1.29, 1.82) is 0 Å². The molecule has 0 atom stereocenters. The summed E-state index contributed by atoms with van der Waals surface area (Å²) in [6.45, 7) is 0. The van der Waals surface area contributed by atoms with E-state index in [0.717, 1.165) is 11.5 Å². The SMILES string of the molecule is c1coc(-c2cn3cccnc3n2)c1. The zero-order chi connectivity index (χ0) is 9.38. The normalized spacial score (nSPS) is 10.9. The van der Waals surface area contributed by atoms with Crippen LogP contribution in [-0.2, 0) is 0 Å². The van der Waals surface area contributed by atoms with Crippen molar-refractivity contribution in [3.05, 3.63) is 43.1 Å². The smallest absolute Gasteiger partial charge is 0.234 e. The van der Waals surface area contributed by atoms with Gasteiger partial charge in [-0.2, -0.15) is 0 Å². The molecule has 0 bridgehead atoms. The van der Waals surface area contributed by atoms with Gasteiger partial charge in [0.05, 0.1) is 6.26 Å². The Morgan fingerprint density at radius 2 is 2.29 bits per heavy atom. The fourth-order valence-electron chi connectivity index (χ4n) is 1.37. The van der Waals surface area contributed by atoms with Crippen molar-refractivity contribution >= 4 is 5.78 Å². The van der Waals surface area contributed by atoms with Gasteiger partial charge in [-0.05, 0) is 18.2 Å². The molecule has 0 fully saturated rings. The molecule has 0 saturated heterocycles. The molecule has 0 aliphatic carbocycles. The van der Waals surface area contributed by atoms with Crippen LogP contribution in [0.1, 0.15) is 0 Å². The molecule has 0 unspecified atom stereocenters. The van der Waals surface area contributed by atoms with E-state index in [1.807, 2.05) is 35.0 Å². The number of hydrogen-bond donors (Lipinski definition) is 0. The number of imidazole rings is 1. The van der Waals surface area contributed by atoms with Crippen LogP contribution in [0.5, 0.6) is 0 Å². The molecule has 4 heteroatoms. The van der Waals surface area contributed by atoms with Crippen LogP contribution in [-0.4, -0.2) is 14.4 Å². The van der Waals surface area contributed by atoms with Crippen LogP contribution in [0.2, 0.25) is 0 Å². The van der Waals surface area contributed by atoms with Gasteiger partial charge in [-0.15, -0.1) is 0 Å². The summed E-state index contributed by atoms with van der Waals surface area (Å²) in [7, 11) is 0. The van der Waals surface area contributed by atoms with Gasteiger partial charge in [0.15, 0.2) is 5.76 Å². The van der Waals surface area contributed by atoms with E-state index in [1.165, 1.54) is 0 Å². The molecule has 0 N–H and O–H groups in total. The van der Waals surface area contributed by atoms with Crippen LogP contribution in [0.3, 0.4) is 0 Å². The molecular weight excluding hydrogens is 178 g/mol. The summed E-state index contributed by atoms with van der Waals surface area (Å²) in [5, 5.41) is 0. The molecule has 3 heterocycles. The average molecular weight is 185 g/mol. The molecule has 0 spiro atoms. The fraction of sp³-hybridized carbons (Fsp3) is 0. The highest BCUT2D eigenvalue weighted by Crippen LogP contribution is 2.18. The summed E-state index contributed by atoms with van der Waals surface area (Å²) in [6.07, 6.45) is 7.14. The first-order valence-electron chi connectivity index (χ1n) is 4.27. The second kappa shape index (κ2) is 2.70. The first-order valence-corrected chi connectivity index (χ1v) is 4.27. The van der Waals surface area contributed by atoms with Crippen molar-refractivity contribution in [2.24, 2.45) is 0 Å². The minimum atomic E-state index is 0.680. The van der Waals surface area contributed by atoms with E-state index in [-0.39, 0.29) is 0 Å². The molecule has 0 radical (unpaired) electrons. The fourth-order valence-corrected chi connectivity index (χ4v) is 1.37. The van der Waals surface area contributed by atoms with Gasteiger partial charge in [-0.1, -0.05) is 0 Å². The van der Waals surface area contributed by atoms with Crippen LogP contribution in [0.4, 0.5) is 0 Å². The molecule has 3 aromatic rings. The molecule has 3 aromatic heterocycles. The largest absolute Gasteiger partial charge is 0.463 e. The Morgan fingerprint density at radius 1 is 1.29 bits per heavy atom. The zero-order valence-corrected chi connectivity index (χ0v) is 7.29. The number of rotatable bonds is 1. The van der Waals surface area contributed by atoms with Gasteiger partial charge in [0.25, 0.3) is 0 Å². The van der Waals surface area contributed by atoms with Crippen molar-refractivity contribution < 1.29 is 4.42 Å². The van der Waals surface area contributed by atoms with Gasteiger partial charge in [0, 0.05) is 18.6 Å². The van der Waals surface area contributed by atoms with E-state index < -0.39 is 0 Å². The lowest BCUT2D eigenvalue weighted by molar-refractivity contribution is 0.580. The Kier molecular flexibility index (Phi) is 1.41. The molecule has 14 heavy (non-hydrogen) atoms. The number of aromatic nitrogens is 3. The van der Waals surface area contributed by atoms with Crippen molar-refractivity contribution in [3.8, 4) is 11.5 Å². The minimum Gasteiger partial charge on any atom is -0.463 e. The van der Waals surface area contributed by atoms with Crippen LogP contribution >= 0.6 is 0 Å². The molecule has 0 saturated carbocycles. The summed E-state index contributed by atoms with van der Waals surface area (Å²) in [6, 6.07) is 5.58. The average Bonchev–Trinajstić information content (AvgIpc) is 2.86. The van der Waals surface area contributed by atoms with Crippen molar-refractivity contribution in [1.82, 2.24) is 14.4 Å². The van der Waals surface area contributed by atoms with Crippen LogP contribution in [0.15, 0.2) is 47.5 Å². The maximum absolute atomic E-state index is 5.25. The molecular formula is C10H7N3O. The quantitative estimate of drug-likeness (QED) is 0.582. The molecule has 0 amide bonds. The Morgan fingerprint density at radius 3 is 3.07 bits per heavy atom. The van der Waals surface area contributed by atoms with E-state index in [4.69, 9.17) is 4.42 Å². The highest BCUT2D eigenvalue weighted by Gasteiger charge is 2.05. The number of fused-ring (bicyclic) bond motifs is 1. The Bertz CT molecular complexity index is 521. The van der Waals surface area contributed by atoms with Gasteiger partial charge in [-0.25, -0.2) is 9.97 Å². The van der Waals surface area contributed by atoms with Gasteiger partial charge in [0.2, 0.25) is 5.78 Å². The van der Waals surface area contributed by atoms with Crippen molar-refractivity contribution in [2.45, 2.75) is 0 Å². The first-order chi connectivity index (χ1) is 6.93. The maximum atomic E-state index is 5.25. The summed E-state index contributed by atoms with van der Waals surface area (Å²) >= 11 is 0. The Labute approximate surface area is 79.8 Å². The Hall–Kier alpha value is -2.10. The Balaban J connectivity index is 2.24. The predicted molar refractivity (Wildman–Crippen MR) is 50.7 cm³/mol. The lowest BCUT2D eigenvalue weighted by Gasteiger charge is -1.85. The van der Waals surface area contributed by atoms with Crippen LogP contribution < -0.4 is 0 Å². The van der Waals surface area contributed by atoms with E-state index >= 15 is 0 Å². The third kappa shape index (κ3) is 1.01. The molecule has 3 rings (SSSR count). The highest BCUT2D eigenvalue weighted by molar-refractivity contribution is 5.54. The zero-order valence-electron chi connectivity index (χ0n) is 7.29. The summed E-state index contributed by atoms with van der Waals surface area (Å²) in [4.78, 5) is 8.44. The van der Waals surface area contributed by atoms with E-state index in [1.54, 1.807) is 12.5 Å². The van der Waals surface area contributed by atoms with E-state index in [0.29, 0.717) is 5.78 Å². The summed E-state index contributed by atoms with van der Waals surface area (Å²) < 4.78 is 7.10. The lowest BCUT2D eigenvalue weighted by atomic mass is 10.4. The third-order valence-corrected chi connectivity index (χ3v) is 2.01. The number of nitrogens with zero attached hydrogens (tertiary/aromatic N) is 3. The molecule has 0 aliphatic heterocycles. The minimum absolute atomic E-state index is 0.680. The molecule has 4 nitrogen and oxygen atoms in total. The molecule has 0 aliphatic rings. The van der Waals surface area contributed by atoms with Gasteiger partial charge < -0.3 is 4.42 Å². The van der Waals surface area contributed by atoms with E-state index in [9.17, 15) is 0 Å². The van der Waals surface area contributed by atoms with Crippen molar-refractivity contribution in [3.63, 3.8) is 0 Å². The summed E-state index contributed by atoms with van der Waals surface area (Å²) in [5.74, 6) is 1.44. The second-order valence-corrected chi connectivity index (χ2v) is 2.93. The molecule has 0 aromatic carbocycles. The first kappa shape index (κ1) is 7.32. The topological polar surface area (TPSA) is 43.3 Å². The van der Waals surface area contributed by atoms with Gasteiger partial charge in [0.1, 0.15) is 5.69 Å². The second-order valence-electron chi connectivity index (χ2n) is 2.93. The van der Waals surface area contributed by atoms with Crippen LogP contribution in [0, 0.1) is 0 Å². The van der Waals surface area contributed by atoms with E-state index in [2.05, 4.69) is 9.97 Å². The number of furan rings is 1. The third-order valence-electron chi connectivity index (χ3n) is 2.01. The van der Waals surface area contributed by atoms with Gasteiger partial charge in [-0.3, -0.25) is 4.40 Å². The maximum Gasteiger partial charge on any atom is 0.234 e. The summed E-state index contributed by atoms with van der Waals surface area (Å²) in [5.41, 5.74) is 0.800. The van der Waals surface area contributed by atoms with Crippen molar-refractivity contribution in [2.75, 3.05) is 0 Å². The standard InChI is InChI=1S/C10H7N3O/c1-3-9(14-6-1)8-7-13-5-2-4-11-10(13)12-8/h1-7H. The monoisotopic (exact) mass is 185 g/mol. The molecule has 68 valence electrons. The lowest BCUT2D eigenvalue weighted by Crippen LogP contribution is -1.82. The number of hydrogen-bond acceptors (Lipinski definition) is 3. The van der Waals surface area contributed by atoms with Gasteiger partial charge >= 0.3 is 0 Å². The highest BCUT2D eigenvalue weighted by atomic mass is 16.3.